The van der Waals surface area contributed by atoms with Crippen molar-refractivity contribution in [1.29, 1.82) is 0 Å². The van der Waals surface area contributed by atoms with E-state index in [0.717, 1.165) is 4.90 Å². The normalized spacial score (nSPS) is 12.9. The van der Waals surface area contributed by atoms with Crippen LogP contribution in [0.2, 0.25) is 0 Å². The zero-order valence-corrected chi connectivity index (χ0v) is 13.0. The average molecular weight is 318 g/mol. The van der Waals surface area contributed by atoms with Gasteiger partial charge in [0.2, 0.25) is 10.0 Å². The van der Waals surface area contributed by atoms with E-state index >= 15 is 0 Å². The van der Waals surface area contributed by atoms with Crippen LogP contribution in [0.5, 0.6) is 0 Å². The highest BCUT2D eigenvalue weighted by Crippen LogP contribution is 2.20. The predicted molar refractivity (Wildman–Crippen MR) is 80.0 cm³/mol. The van der Waals surface area contributed by atoms with Crippen molar-refractivity contribution in [3.63, 3.8) is 0 Å². The van der Waals surface area contributed by atoms with Gasteiger partial charge in [-0.25, -0.2) is 13.1 Å². The summed E-state index contributed by atoms with van der Waals surface area (Å²) >= 11 is 1.39. The lowest BCUT2D eigenvalue weighted by molar-refractivity contribution is -0.142. The second kappa shape index (κ2) is 7.51. The summed E-state index contributed by atoms with van der Waals surface area (Å²) < 4.78 is 30.2. The van der Waals surface area contributed by atoms with Gasteiger partial charge in [0.15, 0.2) is 0 Å². The molecule has 20 heavy (non-hydrogen) atoms. The molecule has 3 N–H and O–H groups in total. The number of esters is 1. The average Bonchev–Trinajstić information content (AvgIpc) is 2.37. The van der Waals surface area contributed by atoms with Gasteiger partial charge in [-0.1, -0.05) is 6.07 Å². The lowest BCUT2D eigenvalue weighted by Crippen LogP contribution is -2.40. The van der Waals surface area contributed by atoms with Gasteiger partial charge < -0.3 is 10.5 Å². The van der Waals surface area contributed by atoms with E-state index in [2.05, 4.69) is 9.46 Å². The molecule has 0 aliphatic heterocycles. The Labute approximate surface area is 123 Å². The van der Waals surface area contributed by atoms with Crippen molar-refractivity contribution < 1.29 is 17.9 Å². The van der Waals surface area contributed by atoms with E-state index in [4.69, 9.17) is 5.73 Å². The fourth-order valence-electron chi connectivity index (χ4n) is 1.43. The van der Waals surface area contributed by atoms with Crippen molar-refractivity contribution in [3.05, 3.63) is 24.3 Å². The maximum atomic E-state index is 11.8. The molecule has 112 valence electrons. The number of nitrogens with two attached hydrogens (primary N) is 1. The first-order chi connectivity index (χ1) is 9.34. The van der Waals surface area contributed by atoms with Gasteiger partial charge >= 0.3 is 5.97 Å². The molecule has 1 aromatic rings. The number of nitrogen functional groups attached to an aromatic ring is 1. The van der Waals surface area contributed by atoms with E-state index in [0.29, 0.717) is 11.4 Å². The van der Waals surface area contributed by atoms with Gasteiger partial charge in [-0.15, -0.1) is 11.8 Å². The van der Waals surface area contributed by atoms with Gasteiger partial charge in [-0.05, 0) is 25.1 Å². The van der Waals surface area contributed by atoms with Crippen molar-refractivity contribution in [2.75, 3.05) is 24.3 Å². The summed E-state index contributed by atoms with van der Waals surface area (Å²) in [4.78, 5) is 12.1. The molecular weight excluding hydrogens is 300 g/mol. The first kappa shape index (κ1) is 16.8. The molecular formula is C12H18N2O4S2. The Morgan fingerprint density at radius 2 is 2.20 bits per heavy atom. The van der Waals surface area contributed by atoms with Crippen LogP contribution < -0.4 is 10.5 Å². The van der Waals surface area contributed by atoms with E-state index in [1.165, 1.54) is 25.8 Å². The molecule has 0 bridgehead atoms. The van der Waals surface area contributed by atoms with E-state index in [-0.39, 0.29) is 5.75 Å². The highest BCUT2D eigenvalue weighted by Gasteiger charge is 2.20. The van der Waals surface area contributed by atoms with E-state index in [1.807, 2.05) is 12.1 Å². The van der Waals surface area contributed by atoms with Crippen LogP contribution in [0.1, 0.15) is 6.92 Å². The number of methoxy groups -OCH3 is 1. The van der Waals surface area contributed by atoms with Crippen LogP contribution in [0.4, 0.5) is 5.69 Å². The second-order valence-corrected chi connectivity index (χ2v) is 7.14. The SMILES string of the molecule is COC(=O)C(C)NS(=O)(=O)CCSc1cccc(N)c1. The number of carbonyl (C=O) groups excluding carboxylic acids is 1. The number of nitrogens with one attached hydrogen (secondary N) is 1. The molecule has 0 aliphatic carbocycles. The number of ether oxygens (including phenoxy) is 1. The van der Waals surface area contributed by atoms with Gasteiger partial charge in [0, 0.05) is 16.3 Å². The molecule has 0 heterocycles. The lowest BCUT2D eigenvalue weighted by atomic mass is 10.3. The van der Waals surface area contributed by atoms with Crippen molar-refractivity contribution >= 4 is 33.4 Å². The Bertz CT molecular complexity index is 560. The fourth-order valence-corrected chi connectivity index (χ4v) is 4.02. The molecule has 1 unspecified atom stereocenters. The maximum Gasteiger partial charge on any atom is 0.323 e. The second-order valence-electron chi connectivity index (χ2n) is 4.10. The minimum absolute atomic E-state index is 0.0895. The van der Waals surface area contributed by atoms with Crippen LogP contribution in [-0.4, -0.2) is 39.0 Å². The Kier molecular flexibility index (Phi) is 6.31. The Balaban J connectivity index is 2.46. The number of carbonyl (C=O) groups is 1. The molecule has 0 radical (unpaired) electrons. The van der Waals surface area contributed by atoms with Crippen LogP contribution in [0.15, 0.2) is 29.2 Å². The molecule has 0 fully saturated rings. The molecule has 8 heteroatoms. The van der Waals surface area contributed by atoms with Crippen molar-refractivity contribution in [2.24, 2.45) is 0 Å². The fraction of sp³-hybridized carbons (Fsp3) is 0.417. The standard InChI is InChI=1S/C12H18N2O4S2/c1-9(12(15)18-2)14-20(16,17)7-6-19-11-5-3-4-10(13)8-11/h3-5,8-9,14H,6-7,13H2,1-2H3. The van der Waals surface area contributed by atoms with Gasteiger partial charge in [-0.2, -0.15) is 0 Å². The first-order valence-corrected chi connectivity index (χ1v) is 8.54. The number of sulfonamides is 1. The van der Waals surface area contributed by atoms with E-state index in [1.54, 1.807) is 12.1 Å². The molecule has 0 saturated carbocycles. The summed E-state index contributed by atoms with van der Waals surface area (Å²) in [7, 11) is -2.31. The molecule has 0 spiro atoms. The minimum Gasteiger partial charge on any atom is -0.468 e. The highest BCUT2D eigenvalue weighted by atomic mass is 32.2. The number of thioether (sulfide) groups is 1. The minimum atomic E-state index is -3.52. The van der Waals surface area contributed by atoms with Crippen LogP contribution in [-0.2, 0) is 19.6 Å². The lowest BCUT2D eigenvalue weighted by Gasteiger charge is -2.11. The molecule has 1 rings (SSSR count). The number of rotatable bonds is 7. The largest absolute Gasteiger partial charge is 0.468 e. The molecule has 0 aliphatic rings. The highest BCUT2D eigenvalue weighted by molar-refractivity contribution is 8.00. The topological polar surface area (TPSA) is 98.5 Å². The molecule has 1 atom stereocenters. The number of hydrogen-bond donors (Lipinski definition) is 2. The Hall–Kier alpha value is -1.25. The molecule has 0 saturated heterocycles. The molecule has 0 aromatic heterocycles. The third-order valence-electron chi connectivity index (χ3n) is 2.39. The number of anilines is 1. The van der Waals surface area contributed by atoms with E-state index in [9.17, 15) is 13.2 Å². The molecule has 6 nitrogen and oxygen atoms in total. The summed E-state index contributed by atoms with van der Waals surface area (Å²) in [5.41, 5.74) is 6.27. The summed E-state index contributed by atoms with van der Waals surface area (Å²) in [6.07, 6.45) is 0. The van der Waals surface area contributed by atoms with Gasteiger partial charge in [0.25, 0.3) is 0 Å². The number of hydrogen-bond acceptors (Lipinski definition) is 6. The smallest absolute Gasteiger partial charge is 0.323 e. The third kappa shape index (κ3) is 5.81. The molecule has 0 amide bonds. The summed E-state index contributed by atoms with van der Waals surface area (Å²) in [6.45, 7) is 1.44. The van der Waals surface area contributed by atoms with Crippen LogP contribution in [0.3, 0.4) is 0 Å². The predicted octanol–water partition coefficient (Wildman–Crippen LogP) is 0.842. The monoisotopic (exact) mass is 318 g/mol. The van der Waals surface area contributed by atoms with Crippen molar-refractivity contribution in [1.82, 2.24) is 4.72 Å². The van der Waals surface area contributed by atoms with E-state index < -0.39 is 22.0 Å². The Morgan fingerprint density at radius 3 is 2.80 bits per heavy atom. The third-order valence-corrected chi connectivity index (χ3v) is 5.10. The zero-order valence-electron chi connectivity index (χ0n) is 11.3. The van der Waals surface area contributed by atoms with Crippen molar-refractivity contribution in [3.8, 4) is 0 Å². The zero-order chi connectivity index (χ0) is 15.2. The quantitative estimate of drug-likeness (QED) is 0.439. The molecule has 1 aromatic carbocycles. The number of benzene rings is 1. The van der Waals surface area contributed by atoms with Crippen LogP contribution in [0.25, 0.3) is 0 Å². The Morgan fingerprint density at radius 1 is 1.50 bits per heavy atom. The van der Waals surface area contributed by atoms with Gasteiger partial charge in [0.1, 0.15) is 6.04 Å². The summed E-state index contributed by atoms with van der Waals surface area (Å²) in [5, 5.41) is 0. The van der Waals surface area contributed by atoms with Gasteiger partial charge in [-0.3, -0.25) is 4.79 Å². The van der Waals surface area contributed by atoms with Gasteiger partial charge in [0.05, 0.1) is 12.9 Å². The summed E-state index contributed by atoms with van der Waals surface area (Å²) in [6, 6.07) is 6.33. The maximum absolute atomic E-state index is 11.8. The first-order valence-electron chi connectivity index (χ1n) is 5.90. The van der Waals surface area contributed by atoms with Crippen LogP contribution in [0, 0.1) is 0 Å². The van der Waals surface area contributed by atoms with Crippen LogP contribution >= 0.6 is 11.8 Å². The van der Waals surface area contributed by atoms with Crippen molar-refractivity contribution in [2.45, 2.75) is 17.9 Å². The summed E-state index contributed by atoms with van der Waals surface area (Å²) in [5.74, 6) is -0.336.